The number of nitrogens with two attached hydrogens (primary N) is 1. The van der Waals surface area contributed by atoms with Crippen molar-refractivity contribution < 1.29 is 9.90 Å². The molecule has 1 unspecified atom stereocenters. The first-order chi connectivity index (χ1) is 5.14. The maximum atomic E-state index is 10.6. The molecule has 3 fully saturated rings. The van der Waals surface area contributed by atoms with E-state index in [9.17, 15) is 4.79 Å². The van der Waals surface area contributed by atoms with Crippen molar-refractivity contribution in [1.29, 1.82) is 0 Å². The molecule has 3 aliphatic carbocycles. The fourth-order valence-electron chi connectivity index (χ4n) is 2.66. The molecule has 0 radical (unpaired) electrons. The summed E-state index contributed by atoms with van der Waals surface area (Å²) in [5.74, 6) is -0.0363. The van der Waals surface area contributed by atoms with Gasteiger partial charge in [0, 0.05) is 0 Å². The maximum Gasteiger partial charge on any atom is 0.321 e. The third-order valence-corrected chi connectivity index (χ3v) is 3.37. The summed E-state index contributed by atoms with van der Waals surface area (Å²) in [6.45, 7) is 0. The summed E-state index contributed by atoms with van der Waals surface area (Å²) >= 11 is 0. The van der Waals surface area contributed by atoms with Crippen LogP contribution in [0.25, 0.3) is 0 Å². The molecule has 0 amide bonds. The number of hydrogen-bond acceptors (Lipinski definition) is 2. The second-order valence-electron chi connectivity index (χ2n) is 3.99. The zero-order valence-corrected chi connectivity index (χ0v) is 7.64. The summed E-state index contributed by atoms with van der Waals surface area (Å²) in [4.78, 5) is 10.6. The molecule has 2 bridgehead atoms. The number of fused-ring (bicyclic) bond motifs is 1. The lowest BCUT2D eigenvalue weighted by atomic mass is 9.65. The van der Waals surface area contributed by atoms with Crippen LogP contribution in [0.2, 0.25) is 0 Å². The van der Waals surface area contributed by atoms with E-state index in [0.717, 1.165) is 25.2 Å². The Morgan fingerprint density at radius 1 is 1.58 bits per heavy atom. The Morgan fingerprint density at radius 3 is 2.50 bits per heavy atom. The van der Waals surface area contributed by atoms with Gasteiger partial charge in [-0.05, 0) is 37.0 Å². The van der Waals surface area contributed by atoms with Gasteiger partial charge in [0.15, 0.2) is 0 Å². The molecule has 0 aromatic carbocycles. The fraction of sp³-hybridized carbons (Fsp3) is 0.875. The third kappa shape index (κ3) is 1.12. The maximum absolute atomic E-state index is 10.6. The highest BCUT2D eigenvalue weighted by Gasteiger charge is 2.55. The van der Waals surface area contributed by atoms with Crippen molar-refractivity contribution in [2.45, 2.75) is 31.7 Å². The van der Waals surface area contributed by atoms with E-state index in [1.54, 1.807) is 0 Å². The molecule has 1 atom stereocenters. The van der Waals surface area contributed by atoms with Crippen molar-refractivity contribution in [1.82, 2.24) is 0 Å². The Kier molecular flexibility index (Phi) is 2.36. The van der Waals surface area contributed by atoms with Crippen molar-refractivity contribution in [2.75, 3.05) is 0 Å². The van der Waals surface area contributed by atoms with E-state index in [2.05, 4.69) is 0 Å². The second-order valence-corrected chi connectivity index (χ2v) is 3.99. The summed E-state index contributed by atoms with van der Waals surface area (Å²) in [5.41, 5.74) is 5.59. The average molecular weight is 192 g/mol. The van der Waals surface area contributed by atoms with Crippen LogP contribution >= 0.6 is 12.4 Å². The van der Waals surface area contributed by atoms with Gasteiger partial charge in [-0.1, -0.05) is 0 Å². The lowest BCUT2D eigenvalue weighted by Crippen LogP contribution is -2.50. The fourth-order valence-corrected chi connectivity index (χ4v) is 2.66. The summed E-state index contributed by atoms with van der Waals surface area (Å²) in [6, 6.07) is -0.610. The SMILES string of the molecule is Cl.NC(C(=O)O)C12CCC(C1)C2. The van der Waals surface area contributed by atoms with Crippen LogP contribution in [0.15, 0.2) is 0 Å². The molecule has 3 saturated carbocycles. The lowest BCUT2D eigenvalue weighted by molar-refractivity contribution is -0.143. The molecule has 0 saturated heterocycles. The number of aliphatic carboxylic acids is 1. The van der Waals surface area contributed by atoms with Crippen molar-refractivity contribution in [3.8, 4) is 0 Å². The molecule has 0 heterocycles. The van der Waals surface area contributed by atoms with Gasteiger partial charge in [-0.2, -0.15) is 0 Å². The van der Waals surface area contributed by atoms with Gasteiger partial charge < -0.3 is 10.8 Å². The van der Waals surface area contributed by atoms with Crippen LogP contribution in [0, 0.1) is 11.3 Å². The first-order valence-corrected chi connectivity index (χ1v) is 4.12. The Bertz CT molecular complexity index is 196. The lowest BCUT2D eigenvalue weighted by Gasteiger charge is -2.41. The Balaban J connectivity index is 0.000000720. The smallest absolute Gasteiger partial charge is 0.321 e. The van der Waals surface area contributed by atoms with E-state index in [-0.39, 0.29) is 17.8 Å². The van der Waals surface area contributed by atoms with Crippen LogP contribution in [-0.2, 0) is 4.79 Å². The molecule has 3 aliphatic rings. The number of halogens is 1. The molecular weight excluding hydrogens is 178 g/mol. The molecule has 0 aromatic rings. The number of carbonyl (C=O) groups is 1. The van der Waals surface area contributed by atoms with E-state index in [1.807, 2.05) is 0 Å². The van der Waals surface area contributed by atoms with Gasteiger partial charge in [-0.15, -0.1) is 12.4 Å². The molecule has 3 nitrogen and oxygen atoms in total. The molecule has 12 heavy (non-hydrogen) atoms. The minimum absolute atomic E-state index is 0. The molecule has 0 aliphatic heterocycles. The van der Waals surface area contributed by atoms with Crippen LogP contribution in [0.3, 0.4) is 0 Å². The number of carboxylic acid groups (broad SMARTS) is 1. The molecule has 3 rings (SSSR count). The monoisotopic (exact) mass is 191 g/mol. The zero-order chi connectivity index (χ0) is 8.06. The van der Waals surface area contributed by atoms with E-state index in [0.29, 0.717) is 0 Å². The highest BCUT2D eigenvalue weighted by Crippen LogP contribution is 2.60. The Hall–Kier alpha value is -0.280. The summed E-state index contributed by atoms with van der Waals surface area (Å²) in [7, 11) is 0. The minimum atomic E-state index is -0.828. The molecule has 3 N–H and O–H groups in total. The molecule has 0 spiro atoms. The van der Waals surface area contributed by atoms with Crippen LogP contribution in [0.1, 0.15) is 25.7 Å². The van der Waals surface area contributed by atoms with Gasteiger partial charge in [-0.25, -0.2) is 0 Å². The van der Waals surface area contributed by atoms with Crippen LogP contribution in [-0.4, -0.2) is 17.1 Å². The van der Waals surface area contributed by atoms with Crippen molar-refractivity contribution in [3.05, 3.63) is 0 Å². The van der Waals surface area contributed by atoms with Gasteiger partial charge in [0.1, 0.15) is 6.04 Å². The number of hydrogen-bond donors (Lipinski definition) is 2. The van der Waals surface area contributed by atoms with Gasteiger partial charge in [0.25, 0.3) is 0 Å². The standard InChI is InChI=1S/C8H13NO2.ClH/c9-6(7(10)11)8-2-1-5(3-8)4-8;/h5-6H,1-4,9H2,(H,10,11);1H. The van der Waals surface area contributed by atoms with Crippen LogP contribution in [0.5, 0.6) is 0 Å². The van der Waals surface area contributed by atoms with Gasteiger partial charge in [0.05, 0.1) is 0 Å². The molecule has 0 aromatic heterocycles. The summed E-state index contributed by atoms with van der Waals surface area (Å²) < 4.78 is 0. The summed E-state index contributed by atoms with van der Waals surface area (Å²) in [6.07, 6.45) is 4.34. The first-order valence-electron chi connectivity index (χ1n) is 4.12. The van der Waals surface area contributed by atoms with Crippen LogP contribution in [0.4, 0.5) is 0 Å². The molecule has 70 valence electrons. The number of rotatable bonds is 2. The highest BCUT2D eigenvalue weighted by atomic mass is 35.5. The van der Waals surface area contributed by atoms with Crippen molar-refractivity contribution in [3.63, 3.8) is 0 Å². The second kappa shape index (κ2) is 2.89. The van der Waals surface area contributed by atoms with E-state index in [1.165, 1.54) is 6.42 Å². The topological polar surface area (TPSA) is 63.3 Å². The largest absolute Gasteiger partial charge is 0.480 e. The highest BCUT2D eigenvalue weighted by molar-refractivity contribution is 5.85. The van der Waals surface area contributed by atoms with Gasteiger partial charge >= 0.3 is 5.97 Å². The van der Waals surface area contributed by atoms with E-state index < -0.39 is 12.0 Å². The summed E-state index contributed by atoms with van der Waals surface area (Å²) in [5, 5.41) is 8.71. The van der Waals surface area contributed by atoms with Gasteiger partial charge in [-0.3, -0.25) is 4.79 Å². The Labute approximate surface area is 77.7 Å². The molecule has 4 heteroatoms. The van der Waals surface area contributed by atoms with Gasteiger partial charge in [0.2, 0.25) is 0 Å². The predicted octanol–water partition coefficient (Wildman–Crippen LogP) is 1.01. The average Bonchev–Trinajstić information content (AvgIpc) is 2.40. The first kappa shape index (κ1) is 9.81. The van der Waals surface area contributed by atoms with E-state index in [4.69, 9.17) is 10.8 Å². The zero-order valence-electron chi connectivity index (χ0n) is 6.82. The minimum Gasteiger partial charge on any atom is -0.480 e. The van der Waals surface area contributed by atoms with Crippen molar-refractivity contribution in [2.24, 2.45) is 17.1 Å². The van der Waals surface area contributed by atoms with E-state index >= 15 is 0 Å². The number of carboxylic acids is 1. The van der Waals surface area contributed by atoms with Crippen molar-refractivity contribution >= 4 is 18.4 Å². The van der Waals surface area contributed by atoms with Crippen LogP contribution < -0.4 is 5.73 Å². The molecular formula is C8H14ClNO2. The third-order valence-electron chi connectivity index (χ3n) is 3.37. The normalized spacial score (nSPS) is 39.6. The Morgan fingerprint density at radius 2 is 2.17 bits per heavy atom. The predicted molar refractivity (Wildman–Crippen MR) is 47.3 cm³/mol. The quantitative estimate of drug-likeness (QED) is 0.685.